The minimum absolute atomic E-state index is 0. The summed E-state index contributed by atoms with van der Waals surface area (Å²) in [6, 6.07) is 35.7. The van der Waals surface area contributed by atoms with E-state index in [1.807, 2.05) is 72.8 Å². The number of fused-ring (bicyclic) bond motifs is 8. The van der Waals surface area contributed by atoms with Crippen molar-refractivity contribution in [1.29, 1.82) is 0 Å². The molecule has 0 spiro atoms. The molecule has 0 radical (unpaired) electrons. The molecule has 53 heavy (non-hydrogen) atoms. The fraction of sp³-hybridized carbons (Fsp3) is 0. The molecule has 2 aliphatic heterocycles. The Labute approximate surface area is 316 Å². The van der Waals surface area contributed by atoms with Crippen LogP contribution in [-0.4, -0.2) is 30.4 Å². The van der Waals surface area contributed by atoms with E-state index in [4.69, 9.17) is 19.9 Å². The Bertz CT molecular complexity index is 2440. The predicted octanol–water partition coefficient (Wildman–Crippen LogP) is 9.40. The van der Waals surface area contributed by atoms with Gasteiger partial charge in [-0.25, -0.2) is 9.97 Å². The van der Waals surface area contributed by atoms with Gasteiger partial charge in [-0.15, -0.1) is 22.1 Å². The summed E-state index contributed by atoms with van der Waals surface area (Å²) < 4.78 is 0. The molecule has 0 amide bonds. The van der Waals surface area contributed by atoms with E-state index < -0.39 is 0 Å². The average molecular weight is 742 g/mol. The van der Waals surface area contributed by atoms with Crippen LogP contribution in [0.1, 0.15) is 22.8 Å². The van der Waals surface area contributed by atoms with E-state index in [1.165, 1.54) is 0 Å². The van der Waals surface area contributed by atoms with Crippen LogP contribution >= 0.6 is 0 Å². The second-order valence-corrected chi connectivity index (χ2v) is 12.6. The molecule has 8 nitrogen and oxygen atoms in total. The first-order chi connectivity index (χ1) is 25.4. The first-order valence-corrected chi connectivity index (χ1v) is 16.6. The molecular weight excluding hydrogens is 714 g/mol. The van der Waals surface area contributed by atoms with Crippen molar-refractivity contribution in [3.05, 3.63) is 144 Å². The zero-order chi connectivity index (χ0) is 35.3. The number of phenolic OH excluding ortho intramolecular Hbond substituents is 4. The van der Waals surface area contributed by atoms with Crippen molar-refractivity contribution in [3.8, 4) is 67.5 Å². The number of benzene rings is 4. The normalized spacial score (nSPS) is 11.8. The van der Waals surface area contributed by atoms with E-state index in [2.05, 4.69) is 0 Å². The number of hydrogen-bond donors (Lipinski definition) is 4. The summed E-state index contributed by atoms with van der Waals surface area (Å²) in [6.07, 6.45) is 7.68. The third-order valence-corrected chi connectivity index (χ3v) is 9.15. The van der Waals surface area contributed by atoms with Crippen molar-refractivity contribution in [2.45, 2.75) is 0 Å². The van der Waals surface area contributed by atoms with Crippen LogP contribution < -0.4 is 9.97 Å². The van der Waals surface area contributed by atoms with E-state index in [0.717, 1.165) is 22.3 Å². The first-order valence-electron chi connectivity index (χ1n) is 16.6. The minimum atomic E-state index is 0. The molecule has 4 aromatic carbocycles. The monoisotopic (exact) mass is 740 g/mol. The summed E-state index contributed by atoms with van der Waals surface area (Å²) in [4.78, 5) is 20.6. The molecule has 7 aromatic rings. The maximum absolute atomic E-state index is 10.6. The van der Waals surface area contributed by atoms with Gasteiger partial charge in [0.1, 0.15) is 23.0 Å². The zero-order valence-corrected chi connectivity index (χ0v) is 31.1. The van der Waals surface area contributed by atoms with E-state index in [0.29, 0.717) is 67.1 Å². The average Bonchev–Trinajstić information content (AvgIpc) is 3.96. The fourth-order valence-corrected chi connectivity index (χ4v) is 6.92. The largest absolute Gasteiger partial charge is 2.00 e. The van der Waals surface area contributed by atoms with Crippen molar-refractivity contribution in [2.75, 3.05) is 0 Å². The SMILES string of the molecule is Oc1cccc(-c2c3nc(c(-c4cccc(O)c4)c4ccc([n-]4)c(-c4cccc(O)c4)c4nc(c(-c5cccc(O)c5)c5ccc2[n-]5)C=C4)C=C3)c1.[Zn+2]. The van der Waals surface area contributed by atoms with Crippen molar-refractivity contribution >= 4 is 46.4 Å². The third kappa shape index (κ3) is 6.17. The Morgan fingerprint density at radius 3 is 0.811 bits per heavy atom. The van der Waals surface area contributed by atoms with Gasteiger partial charge in [-0.2, -0.15) is 0 Å². The van der Waals surface area contributed by atoms with Crippen LogP contribution in [0.15, 0.2) is 121 Å². The van der Waals surface area contributed by atoms with Crippen LogP contribution in [0, 0.1) is 0 Å². The maximum Gasteiger partial charge on any atom is 2.00 e. The number of hydrogen-bond acceptors (Lipinski definition) is 6. The van der Waals surface area contributed by atoms with Gasteiger partial charge in [-0.3, -0.25) is 0 Å². The van der Waals surface area contributed by atoms with Crippen molar-refractivity contribution < 1.29 is 39.9 Å². The summed E-state index contributed by atoms with van der Waals surface area (Å²) in [7, 11) is 0. The van der Waals surface area contributed by atoms with Crippen LogP contribution in [0.5, 0.6) is 23.0 Å². The Kier molecular flexibility index (Phi) is 8.49. The molecule has 5 heterocycles. The van der Waals surface area contributed by atoms with Crippen LogP contribution in [0.25, 0.3) is 90.9 Å². The van der Waals surface area contributed by atoms with Crippen molar-refractivity contribution in [1.82, 2.24) is 19.9 Å². The Hall–Kier alpha value is -6.70. The predicted molar refractivity (Wildman–Crippen MR) is 205 cm³/mol. The topological polar surface area (TPSA) is 135 Å². The van der Waals surface area contributed by atoms with Crippen LogP contribution in [0.3, 0.4) is 0 Å². The molecule has 3 aromatic heterocycles. The van der Waals surface area contributed by atoms with E-state index >= 15 is 0 Å². The summed E-state index contributed by atoms with van der Waals surface area (Å²) in [5, 5.41) is 42.2. The zero-order valence-electron chi connectivity index (χ0n) is 28.1. The van der Waals surface area contributed by atoms with Gasteiger partial charge >= 0.3 is 19.5 Å². The molecule has 9 rings (SSSR count). The summed E-state index contributed by atoms with van der Waals surface area (Å²) in [5.41, 5.74) is 10.7. The van der Waals surface area contributed by atoms with Crippen LogP contribution in [0.2, 0.25) is 0 Å². The van der Waals surface area contributed by atoms with E-state index in [1.54, 1.807) is 72.8 Å². The molecule has 2 aliphatic rings. The van der Waals surface area contributed by atoms with Gasteiger partial charge in [-0.05, 0) is 117 Å². The number of aromatic nitrogens is 4. The van der Waals surface area contributed by atoms with Gasteiger partial charge in [0.15, 0.2) is 0 Å². The van der Waals surface area contributed by atoms with Crippen LogP contribution in [-0.2, 0) is 19.5 Å². The molecule has 9 heteroatoms. The van der Waals surface area contributed by atoms with Gasteiger partial charge in [0.25, 0.3) is 0 Å². The number of aromatic hydroxyl groups is 4. The number of rotatable bonds is 4. The molecule has 0 fully saturated rings. The number of phenols is 4. The summed E-state index contributed by atoms with van der Waals surface area (Å²) in [5.74, 6) is 0.428. The van der Waals surface area contributed by atoms with Gasteiger partial charge in [0.2, 0.25) is 0 Å². The summed E-state index contributed by atoms with van der Waals surface area (Å²) >= 11 is 0. The van der Waals surface area contributed by atoms with E-state index in [9.17, 15) is 20.4 Å². The second-order valence-electron chi connectivity index (χ2n) is 12.6. The van der Waals surface area contributed by atoms with Crippen molar-refractivity contribution in [3.63, 3.8) is 0 Å². The fourth-order valence-electron chi connectivity index (χ4n) is 6.92. The van der Waals surface area contributed by atoms with Gasteiger partial charge in [0.05, 0.1) is 22.8 Å². The molecule has 0 saturated carbocycles. The summed E-state index contributed by atoms with van der Waals surface area (Å²) in [6.45, 7) is 0. The van der Waals surface area contributed by atoms with Gasteiger partial charge in [-0.1, -0.05) is 72.8 Å². The second kappa shape index (κ2) is 13.5. The Morgan fingerprint density at radius 1 is 0.340 bits per heavy atom. The van der Waals surface area contributed by atoms with Crippen LogP contribution in [0.4, 0.5) is 0 Å². The molecule has 8 bridgehead atoms. The molecule has 0 saturated heterocycles. The van der Waals surface area contributed by atoms with Gasteiger partial charge < -0.3 is 30.4 Å². The maximum atomic E-state index is 10.6. The third-order valence-electron chi connectivity index (χ3n) is 9.15. The quantitative estimate of drug-likeness (QED) is 0.131. The molecule has 0 atom stereocenters. The van der Waals surface area contributed by atoms with E-state index in [-0.39, 0.29) is 42.5 Å². The Balaban J connectivity index is 0.00000400. The molecule has 0 aliphatic carbocycles. The first kappa shape index (κ1) is 33.4. The molecule has 4 N–H and O–H groups in total. The standard InChI is InChI=1S/C44H28N4O4.Zn/c49-29-9-1-5-25(21-29)41-33-13-15-35(45-33)42(26-6-2-10-30(50)22-26)37-17-19-39(47-37)44(28-8-4-12-32(52)24-28)40-20-18-38(48-40)43(36-16-14-34(41)46-36)27-7-3-11-31(51)23-27;/h1-24H,(H4-2,45,46,47,48,49,50,51,52);/q-2;+2. The molecular formula is C44H28N4O4Zn. The molecule has 250 valence electrons. The Morgan fingerprint density at radius 2 is 0.585 bits per heavy atom. The minimum Gasteiger partial charge on any atom is -0.657 e. The number of nitrogens with zero attached hydrogens (tertiary/aromatic N) is 4. The smallest absolute Gasteiger partial charge is 0.657 e. The molecule has 0 unspecified atom stereocenters. The van der Waals surface area contributed by atoms with Crippen molar-refractivity contribution in [2.24, 2.45) is 0 Å². The van der Waals surface area contributed by atoms with Gasteiger partial charge in [0, 0.05) is 0 Å².